The van der Waals surface area contributed by atoms with E-state index in [-0.39, 0.29) is 0 Å². The number of hydrogen-bond acceptors (Lipinski definition) is 2. The molecule has 0 radical (unpaired) electrons. The highest BCUT2D eigenvalue weighted by molar-refractivity contribution is 7.80. The van der Waals surface area contributed by atoms with Gasteiger partial charge in [0.15, 0.2) is 0 Å². The smallest absolute Gasteiger partial charge is 0.119 e. The summed E-state index contributed by atoms with van der Waals surface area (Å²) >= 11 is 4.72. The van der Waals surface area contributed by atoms with Crippen LogP contribution in [0.15, 0.2) is 17.3 Å². The molecule has 8 heavy (non-hydrogen) atoms. The quantitative estimate of drug-likeness (QED) is 0.260. The van der Waals surface area contributed by atoms with Gasteiger partial charge in [-0.25, -0.2) is 0 Å². The molecule has 0 spiro atoms. The van der Waals surface area contributed by atoms with Gasteiger partial charge in [0.25, 0.3) is 0 Å². The number of nitrogens with zero attached hydrogens (tertiary/aromatic N) is 1. The van der Waals surface area contributed by atoms with Gasteiger partial charge in [0.2, 0.25) is 0 Å². The first-order valence-corrected chi connectivity index (χ1v) is 2.60. The van der Waals surface area contributed by atoms with Crippen molar-refractivity contribution < 1.29 is 0 Å². The van der Waals surface area contributed by atoms with Crippen molar-refractivity contribution in [2.45, 2.75) is 6.92 Å². The van der Waals surface area contributed by atoms with Gasteiger partial charge in [0, 0.05) is 6.72 Å². The van der Waals surface area contributed by atoms with E-state index in [4.69, 9.17) is 12.2 Å². The number of thiocarbonyl (C=S) groups is 1. The largest absolute Gasteiger partial charge is 0.268 e. The normalized spacial score (nSPS) is 9.12. The van der Waals surface area contributed by atoms with Crippen LogP contribution in [0.4, 0.5) is 0 Å². The van der Waals surface area contributed by atoms with E-state index in [9.17, 15) is 0 Å². The van der Waals surface area contributed by atoms with Gasteiger partial charge in [-0.3, -0.25) is 5.43 Å². The first-order valence-electron chi connectivity index (χ1n) is 2.19. The zero-order valence-electron chi connectivity index (χ0n) is 4.72. The van der Waals surface area contributed by atoms with Crippen LogP contribution in [0.1, 0.15) is 6.92 Å². The molecule has 0 aliphatic heterocycles. The predicted molar refractivity (Wildman–Crippen MR) is 40.1 cm³/mol. The van der Waals surface area contributed by atoms with Crippen LogP contribution in [0, 0.1) is 0 Å². The summed E-state index contributed by atoms with van der Waals surface area (Å²) in [5.41, 5.74) is 2.50. The second kappa shape index (κ2) is 4.46. The zero-order chi connectivity index (χ0) is 6.41. The van der Waals surface area contributed by atoms with Crippen LogP contribution in [0.25, 0.3) is 0 Å². The lowest BCUT2D eigenvalue weighted by Gasteiger charge is -1.90. The summed E-state index contributed by atoms with van der Waals surface area (Å²) in [5.74, 6) is 0. The maximum absolute atomic E-state index is 4.72. The molecular weight excluding hydrogens is 120 g/mol. The topological polar surface area (TPSA) is 24.4 Å². The molecule has 0 atom stereocenters. The summed E-state index contributed by atoms with van der Waals surface area (Å²) in [6, 6.07) is 0. The van der Waals surface area contributed by atoms with Crippen LogP contribution in [0.2, 0.25) is 0 Å². The van der Waals surface area contributed by atoms with E-state index in [1.54, 1.807) is 6.08 Å². The minimum absolute atomic E-state index is 0.586. The fourth-order valence-corrected chi connectivity index (χ4v) is 0.467. The van der Waals surface area contributed by atoms with Crippen molar-refractivity contribution in [3.63, 3.8) is 0 Å². The Balaban J connectivity index is 3.48. The molecule has 0 aliphatic carbocycles. The molecule has 44 valence electrons. The molecule has 0 rings (SSSR count). The van der Waals surface area contributed by atoms with E-state index in [0.717, 1.165) is 0 Å². The predicted octanol–water partition coefficient (Wildman–Crippen LogP) is 1.10. The molecule has 0 bridgehead atoms. The summed E-state index contributed by atoms with van der Waals surface area (Å²) in [7, 11) is 0. The fourth-order valence-electron chi connectivity index (χ4n) is 0.267. The molecule has 0 aromatic carbocycles. The number of hydrazone groups is 1. The Kier molecular flexibility index (Phi) is 4.07. The van der Waals surface area contributed by atoms with Crippen LogP contribution < -0.4 is 5.43 Å². The average Bonchev–Trinajstić information content (AvgIpc) is 1.68. The van der Waals surface area contributed by atoms with E-state index >= 15 is 0 Å². The van der Waals surface area contributed by atoms with Crippen molar-refractivity contribution in [3.8, 4) is 0 Å². The Morgan fingerprint density at radius 1 is 1.88 bits per heavy atom. The number of rotatable bonds is 2. The summed E-state index contributed by atoms with van der Waals surface area (Å²) < 4.78 is 0. The number of allylic oxidation sites excluding steroid dienone is 1. The van der Waals surface area contributed by atoms with Crippen molar-refractivity contribution >= 4 is 23.9 Å². The summed E-state index contributed by atoms with van der Waals surface area (Å²) in [5, 5.41) is 3.36. The molecule has 0 aromatic rings. The lowest BCUT2D eigenvalue weighted by atomic mass is 10.5. The van der Waals surface area contributed by atoms with Crippen molar-refractivity contribution in [2.24, 2.45) is 5.10 Å². The van der Waals surface area contributed by atoms with Gasteiger partial charge in [-0.1, -0.05) is 18.3 Å². The van der Waals surface area contributed by atoms with Crippen LogP contribution in [0.3, 0.4) is 0 Å². The van der Waals surface area contributed by atoms with E-state index in [2.05, 4.69) is 17.2 Å². The van der Waals surface area contributed by atoms with Gasteiger partial charge in [0.05, 0.1) is 0 Å². The van der Waals surface area contributed by atoms with Gasteiger partial charge in [-0.05, 0) is 13.0 Å². The second-order valence-electron chi connectivity index (χ2n) is 1.13. The van der Waals surface area contributed by atoms with Crippen LogP contribution in [-0.2, 0) is 0 Å². The van der Waals surface area contributed by atoms with E-state index in [1.807, 2.05) is 13.0 Å². The van der Waals surface area contributed by atoms with E-state index in [1.165, 1.54) is 0 Å². The van der Waals surface area contributed by atoms with Gasteiger partial charge < -0.3 is 0 Å². The molecule has 0 aromatic heterocycles. The highest BCUT2D eigenvalue weighted by atomic mass is 32.1. The lowest BCUT2D eigenvalue weighted by molar-refractivity contribution is 1.07. The third kappa shape index (κ3) is 3.49. The van der Waals surface area contributed by atoms with Crippen LogP contribution in [-0.4, -0.2) is 11.7 Å². The van der Waals surface area contributed by atoms with Crippen LogP contribution in [0.5, 0.6) is 0 Å². The van der Waals surface area contributed by atoms with Gasteiger partial charge >= 0.3 is 0 Å². The molecular formula is C5H8N2S. The number of nitrogens with one attached hydrogen (secondary N) is 1. The Morgan fingerprint density at radius 2 is 2.50 bits per heavy atom. The van der Waals surface area contributed by atoms with Crippen molar-refractivity contribution in [3.05, 3.63) is 12.2 Å². The molecule has 0 amide bonds. The molecule has 0 saturated heterocycles. The second-order valence-corrected chi connectivity index (χ2v) is 1.57. The molecule has 0 aliphatic rings. The number of hydrogen-bond donors (Lipinski definition) is 1. The summed E-state index contributed by atoms with van der Waals surface area (Å²) in [4.78, 5) is 0.586. The third-order valence-electron chi connectivity index (χ3n) is 0.507. The van der Waals surface area contributed by atoms with E-state index in [0.29, 0.717) is 4.99 Å². The summed E-state index contributed by atoms with van der Waals surface area (Å²) in [6.07, 6.45) is 3.57. The Labute approximate surface area is 54.3 Å². The average molecular weight is 128 g/mol. The van der Waals surface area contributed by atoms with Crippen LogP contribution >= 0.6 is 12.2 Å². The minimum Gasteiger partial charge on any atom is -0.268 e. The zero-order valence-corrected chi connectivity index (χ0v) is 5.53. The maximum atomic E-state index is 4.72. The Hall–Kier alpha value is -0.700. The Morgan fingerprint density at radius 3 is 2.88 bits per heavy atom. The molecule has 0 heterocycles. The van der Waals surface area contributed by atoms with Crippen molar-refractivity contribution in [1.29, 1.82) is 0 Å². The molecule has 1 N–H and O–H groups in total. The highest BCUT2D eigenvalue weighted by Gasteiger charge is 1.78. The first kappa shape index (κ1) is 7.30. The SMILES string of the molecule is C=NNC(=S)/C=C\C. The standard InChI is InChI=1S/C5H8N2S/c1-3-4-5(8)7-6-2/h3-4H,2H2,1H3,(H,7,8)/b4-3-. The Bertz CT molecular complexity index is 118. The lowest BCUT2D eigenvalue weighted by Crippen LogP contribution is -2.09. The molecule has 0 saturated carbocycles. The van der Waals surface area contributed by atoms with E-state index < -0.39 is 0 Å². The highest BCUT2D eigenvalue weighted by Crippen LogP contribution is 1.74. The molecule has 0 fully saturated rings. The minimum atomic E-state index is 0.586. The maximum Gasteiger partial charge on any atom is 0.119 e. The molecule has 3 heteroatoms. The summed E-state index contributed by atoms with van der Waals surface area (Å²) in [6.45, 7) is 5.09. The van der Waals surface area contributed by atoms with Crippen molar-refractivity contribution in [2.75, 3.05) is 0 Å². The van der Waals surface area contributed by atoms with Gasteiger partial charge in [-0.15, -0.1) is 0 Å². The fraction of sp³-hybridized carbons (Fsp3) is 0.200. The van der Waals surface area contributed by atoms with Gasteiger partial charge in [0.1, 0.15) is 4.99 Å². The molecule has 0 unspecified atom stereocenters. The van der Waals surface area contributed by atoms with Gasteiger partial charge in [-0.2, -0.15) is 5.10 Å². The van der Waals surface area contributed by atoms with Crippen molar-refractivity contribution in [1.82, 2.24) is 5.43 Å². The first-order chi connectivity index (χ1) is 3.81. The third-order valence-corrected chi connectivity index (χ3v) is 0.735. The monoisotopic (exact) mass is 128 g/mol. The molecule has 2 nitrogen and oxygen atoms in total.